The summed E-state index contributed by atoms with van der Waals surface area (Å²) in [6.07, 6.45) is 2.94. The number of carbonyl (C=O) groups excluding carboxylic acids is 3. The number of ether oxygens (including phenoxy) is 2. The Hall–Kier alpha value is -4.29. The van der Waals surface area contributed by atoms with Crippen LogP contribution in [0, 0.1) is 17.6 Å². The minimum Gasteiger partial charge on any atom is -0.451 e. The molecule has 1 saturated heterocycles. The fraction of sp³-hybridized carbons (Fsp3) is 0.483. The van der Waals surface area contributed by atoms with Crippen molar-refractivity contribution in [2.75, 3.05) is 13.3 Å². The first-order chi connectivity index (χ1) is 19.9. The fourth-order valence-corrected chi connectivity index (χ4v) is 5.66. The van der Waals surface area contributed by atoms with Gasteiger partial charge in [0.25, 0.3) is 11.8 Å². The molecule has 5 rings (SSSR count). The van der Waals surface area contributed by atoms with Crippen molar-refractivity contribution < 1.29 is 37.5 Å². The largest absolute Gasteiger partial charge is 0.451 e. The molecule has 2 bridgehead atoms. The molecule has 224 valence electrons. The number of hydrogen-bond donors (Lipinski definition) is 1. The fourth-order valence-electron chi connectivity index (χ4n) is 5.66. The Morgan fingerprint density at radius 1 is 1.26 bits per heavy atom. The van der Waals surface area contributed by atoms with Crippen molar-refractivity contribution in [3.8, 4) is 5.75 Å². The zero-order chi connectivity index (χ0) is 30.3. The van der Waals surface area contributed by atoms with Crippen LogP contribution in [0.2, 0.25) is 0 Å². The quantitative estimate of drug-likeness (QED) is 0.390. The van der Waals surface area contributed by atoms with E-state index in [1.807, 2.05) is 13.8 Å². The molecule has 13 heteroatoms. The van der Waals surface area contributed by atoms with Crippen LogP contribution in [0.1, 0.15) is 79.4 Å². The monoisotopic (exact) mass is 586 g/mol. The lowest BCUT2D eigenvalue weighted by atomic mass is 9.84. The molecule has 0 unspecified atom stereocenters. The van der Waals surface area contributed by atoms with Gasteiger partial charge < -0.3 is 29.1 Å². The minimum absolute atomic E-state index is 0.00870. The van der Waals surface area contributed by atoms with Gasteiger partial charge in [0.2, 0.25) is 18.0 Å². The molecule has 3 aliphatic rings. The maximum atomic E-state index is 14.2. The highest BCUT2D eigenvalue weighted by Gasteiger charge is 2.54. The lowest BCUT2D eigenvalue weighted by Gasteiger charge is -2.42. The van der Waals surface area contributed by atoms with Crippen molar-refractivity contribution in [2.45, 2.75) is 71.2 Å². The number of rotatable bonds is 7. The number of amides is 2. The van der Waals surface area contributed by atoms with E-state index in [-0.39, 0.29) is 36.0 Å². The average molecular weight is 587 g/mol. The van der Waals surface area contributed by atoms with E-state index in [1.165, 1.54) is 16.8 Å². The number of halogens is 2. The molecule has 0 radical (unpaired) electrons. The highest BCUT2D eigenvalue weighted by molar-refractivity contribution is 5.99. The third kappa shape index (κ3) is 5.23. The van der Waals surface area contributed by atoms with Crippen molar-refractivity contribution >= 4 is 23.5 Å². The molecule has 1 aromatic carbocycles. The number of benzene rings is 1. The number of aromatic nitrogens is 1. The highest BCUT2D eigenvalue weighted by atomic mass is 19.1. The molecule has 1 fully saturated rings. The number of nitrogens with zero attached hydrogens (tertiary/aromatic N) is 3. The molecule has 1 N–H and O–H groups in total. The predicted molar refractivity (Wildman–Crippen MR) is 145 cm³/mol. The van der Waals surface area contributed by atoms with Gasteiger partial charge in [-0.3, -0.25) is 19.2 Å². The van der Waals surface area contributed by atoms with Gasteiger partial charge in [-0.05, 0) is 32.8 Å². The standard InChI is InChI=1S/C29H32F2N4O7/c1-15(2)28(39)41-14-40-25-23-27(38)34-13-22(29(8-7-17(34)4)10-16(3)33-42-29)35(23)12-20(24(25)36)26(37)32-11-18-5-6-19(30)9-21(18)31/h5-6,9,12,15,17,22H,7-8,10-11,13-14H2,1-4H3,(H,32,37)/t17-,22+,29-/m0/s1. The van der Waals surface area contributed by atoms with Gasteiger partial charge in [0.1, 0.15) is 17.2 Å². The average Bonchev–Trinajstić information content (AvgIpc) is 3.27. The molecule has 3 aliphatic heterocycles. The number of pyridine rings is 1. The van der Waals surface area contributed by atoms with Crippen LogP contribution in [0.3, 0.4) is 0 Å². The molecule has 2 aromatic rings. The van der Waals surface area contributed by atoms with Crippen LogP contribution in [0.15, 0.2) is 34.3 Å². The third-order valence-electron chi connectivity index (χ3n) is 8.00. The number of esters is 1. The van der Waals surface area contributed by atoms with E-state index in [0.717, 1.165) is 11.8 Å². The first-order valence-corrected chi connectivity index (χ1v) is 13.7. The van der Waals surface area contributed by atoms with Gasteiger partial charge in [0.05, 0.1) is 17.7 Å². The lowest BCUT2D eigenvalue weighted by Crippen LogP contribution is -2.52. The summed E-state index contributed by atoms with van der Waals surface area (Å²) in [4.78, 5) is 60.6. The maximum Gasteiger partial charge on any atom is 0.311 e. The normalized spacial score (nSPS) is 22.8. The van der Waals surface area contributed by atoms with E-state index in [0.29, 0.717) is 25.3 Å². The predicted octanol–water partition coefficient (Wildman–Crippen LogP) is 3.31. The molecule has 0 saturated carbocycles. The van der Waals surface area contributed by atoms with Crippen LogP contribution in [-0.2, 0) is 20.9 Å². The Labute approximate surface area is 240 Å². The van der Waals surface area contributed by atoms with Gasteiger partial charge in [0.15, 0.2) is 11.3 Å². The summed E-state index contributed by atoms with van der Waals surface area (Å²) in [5.74, 6) is -4.47. The zero-order valence-corrected chi connectivity index (χ0v) is 23.7. The van der Waals surface area contributed by atoms with Gasteiger partial charge in [-0.15, -0.1) is 0 Å². The van der Waals surface area contributed by atoms with Crippen molar-refractivity contribution in [3.05, 3.63) is 63.1 Å². The molecule has 3 atom stereocenters. The number of hydrogen-bond acceptors (Lipinski definition) is 8. The SMILES string of the molecule is CC1=NO[C@@]2(CC[C@H](C)N3C[C@H]2n2cc(C(=O)NCc4ccc(F)cc4F)c(=O)c(OCOC(=O)C(C)C)c2C3=O)C1. The smallest absolute Gasteiger partial charge is 0.311 e. The number of oxime groups is 1. The van der Waals surface area contributed by atoms with Crippen molar-refractivity contribution in [2.24, 2.45) is 11.1 Å². The molecule has 2 amide bonds. The molecule has 1 spiro atoms. The van der Waals surface area contributed by atoms with Crippen LogP contribution in [0.5, 0.6) is 5.75 Å². The topological polar surface area (TPSA) is 129 Å². The van der Waals surface area contributed by atoms with Gasteiger partial charge >= 0.3 is 5.97 Å². The summed E-state index contributed by atoms with van der Waals surface area (Å²) >= 11 is 0. The summed E-state index contributed by atoms with van der Waals surface area (Å²) < 4.78 is 39.8. The Balaban J connectivity index is 1.58. The zero-order valence-electron chi connectivity index (χ0n) is 23.7. The summed E-state index contributed by atoms with van der Waals surface area (Å²) in [6, 6.07) is 2.20. The van der Waals surface area contributed by atoms with E-state index in [9.17, 15) is 28.0 Å². The van der Waals surface area contributed by atoms with Gasteiger partial charge in [0, 0.05) is 43.4 Å². The molecular formula is C29H32F2N4O7. The maximum absolute atomic E-state index is 14.2. The van der Waals surface area contributed by atoms with Crippen molar-refractivity contribution in [1.29, 1.82) is 0 Å². The van der Waals surface area contributed by atoms with Gasteiger partial charge in [-0.1, -0.05) is 25.1 Å². The third-order valence-corrected chi connectivity index (χ3v) is 8.00. The van der Waals surface area contributed by atoms with Crippen LogP contribution in [0.25, 0.3) is 0 Å². The number of nitrogens with one attached hydrogen (secondary N) is 1. The second-order valence-corrected chi connectivity index (χ2v) is 11.3. The Bertz CT molecular complexity index is 1540. The van der Waals surface area contributed by atoms with E-state index >= 15 is 0 Å². The van der Waals surface area contributed by atoms with Crippen LogP contribution in [0.4, 0.5) is 8.78 Å². The summed E-state index contributed by atoms with van der Waals surface area (Å²) in [7, 11) is 0. The van der Waals surface area contributed by atoms with Crippen LogP contribution >= 0.6 is 0 Å². The van der Waals surface area contributed by atoms with E-state index in [4.69, 9.17) is 14.3 Å². The first kappa shape index (κ1) is 29.2. The number of fused-ring (bicyclic) bond motifs is 5. The van der Waals surface area contributed by atoms with Crippen LogP contribution < -0.4 is 15.5 Å². The summed E-state index contributed by atoms with van der Waals surface area (Å²) in [6.45, 7) is 6.24. The second kappa shape index (κ2) is 11.2. The first-order valence-electron chi connectivity index (χ1n) is 13.7. The Morgan fingerprint density at radius 3 is 2.69 bits per heavy atom. The molecule has 11 nitrogen and oxygen atoms in total. The molecule has 42 heavy (non-hydrogen) atoms. The lowest BCUT2D eigenvalue weighted by molar-refractivity contribution is -0.154. The molecule has 1 aromatic heterocycles. The second-order valence-electron chi connectivity index (χ2n) is 11.3. The summed E-state index contributed by atoms with van der Waals surface area (Å²) in [5.41, 5.74) is -1.45. The van der Waals surface area contributed by atoms with E-state index in [1.54, 1.807) is 18.7 Å². The van der Waals surface area contributed by atoms with Crippen LogP contribution in [-0.4, -0.2) is 57.9 Å². The summed E-state index contributed by atoms with van der Waals surface area (Å²) in [5, 5.41) is 6.68. The molecular weight excluding hydrogens is 554 g/mol. The Morgan fingerprint density at radius 2 is 2.02 bits per heavy atom. The Kier molecular flexibility index (Phi) is 7.78. The highest BCUT2D eigenvalue weighted by Crippen LogP contribution is 2.46. The number of carbonyl (C=O) groups is 3. The van der Waals surface area contributed by atoms with Gasteiger partial charge in [-0.25, -0.2) is 8.78 Å². The molecule has 0 aliphatic carbocycles. The van der Waals surface area contributed by atoms with Gasteiger partial charge in [-0.2, -0.15) is 0 Å². The molecule has 4 heterocycles. The van der Waals surface area contributed by atoms with Crippen molar-refractivity contribution in [1.82, 2.24) is 14.8 Å². The van der Waals surface area contributed by atoms with Crippen molar-refractivity contribution in [3.63, 3.8) is 0 Å². The van der Waals surface area contributed by atoms with E-state index < -0.39 is 65.0 Å². The minimum atomic E-state index is -0.909. The van der Waals surface area contributed by atoms with E-state index in [2.05, 4.69) is 10.5 Å².